The number of nitrogens with two attached hydrogens (primary N) is 1. The maximum absolute atomic E-state index is 13.6. The fourth-order valence-corrected chi connectivity index (χ4v) is 2.27. The van der Waals surface area contributed by atoms with Crippen LogP contribution in [0, 0.1) is 11.6 Å². The third-order valence-corrected chi connectivity index (χ3v) is 3.79. The number of hydrogen-bond acceptors (Lipinski definition) is 2. The SMILES string of the molecule is Nc1ccc(Br)c(C(=O)Nc2cc(F)c(Br)cc2F)c1. The number of hydrogen-bond donors (Lipinski definition) is 2. The van der Waals surface area contributed by atoms with Crippen LogP contribution in [-0.4, -0.2) is 5.91 Å². The van der Waals surface area contributed by atoms with E-state index >= 15 is 0 Å². The van der Waals surface area contributed by atoms with E-state index in [-0.39, 0.29) is 15.7 Å². The summed E-state index contributed by atoms with van der Waals surface area (Å²) in [5, 5.41) is 2.30. The van der Waals surface area contributed by atoms with Gasteiger partial charge in [-0.1, -0.05) is 0 Å². The third kappa shape index (κ3) is 3.16. The second-order valence-corrected chi connectivity index (χ2v) is 5.65. The molecule has 0 bridgehead atoms. The Morgan fingerprint density at radius 1 is 1.05 bits per heavy atom. The lowest BCUT2D eigenvalue weighted by molar-refractivity contribution is 0.102. The highest BCUT2D eigenvalue weighted by molar-refractivity contribution is 9.10. The summed E-state index contributed by atoms with van der Waals surface area (Å²) in [5.74, 6) is -2.01. The highest BCUT2D eigenvalue weighted by Crippen LogP contribution is 2.25. The summed E-state index contributed by atoms with van der Waals surface area (Å²) in [6.45, 7) is 0. The minimum Gasteiger partial charge on any atom is -0.399 e. The van der Waals surface area contributed by atoms with Crippen molar-refractivity contribution >= 4 is 49.1 Å². The average Bonchev–Trinajstić information content (AvgIpc) is 2.38. The first-order valence-electron chi connectivity index (χ1n) is 5.39. The molecule has 7 heteroatoms. The summed E-state index contributed by atoms with van der Waals surface area (Å²) in [5.41, 5.74) is 5.97. The van der Waals surface area contributed by atoms with E-state index in [1.807, 2.05) is 0 Å². The Balaban J connectivity index is 2.32. The van der Waals surface area contributed by atoms with Crippen LogP contribution in [-0.2, 0) is 0 Å². The van der Waals surface area contributed by atoms with E-state index in [9.17, 15) is 13.6 Å². The van der Waals surface area contributed by atoms with E-state index in [0.717, 1.165) is 12.1 Å². The van der Waals surface area contributed by atoms with E-state index in [4.69, 9.17) is 5.73 Å². The average molecular weight is 406 g/mol. The van der Waals surface area contributed by atoms with E-state index < -0.39 is 17.5 Å². The third-order valence-electron chi connectivity index (χ3n) is 2.49. The van der Waals surface area contributed by atoms with Crippen molar-refractivity contribution in [2.45, 2.75) is 0 Å². The van der Waals surface area contributed by atoms with Crippen LogP contribution in [0.15, 0.2) is 39.3 Å². The van der Waals surface area contributed by atoms with Crippen molar-refractivity contribution in [1.82, 2.24) is 0 Å². The van der Waals surface area contributed by atoms with Gasteiger partial charge in [0.25, 0.3) is 5.91 Å². The summed E-state index contributed by atoms with van der Waals surface area (Å²) in [7, 11) is 0. The van der Waals surface area contributed by atoms with Crippen molar-refractivity contribution in [3.63, 3.8) is 0 Å². The number of carbonyl (C=O) groups excluding carboxylic acids is 1. The van der Waals surface area contributed by atoms with Gasteiger partial charge in [0.05, 0.1) is 15.7 Å². The van der Waals surface area contributed by atoms with Crippen molar-refractivity contribution < 1.29 is 13.6 Å². The Morgan fingerprint density at radius 2 is 1.75 bits per heavy atom. The molecule has 1 amide bonds. The maximum Gasteiger partial charge on any atom is 0.256 e. The molecule has 0 spiro atoms. The van der Waals surface area contributed by atoms with Gasteiger partial charge in [-0.15, -0.1) is 0 Å². The zero-order valence-electron chi connectivity index (χ0n) is 9.88. The molecule has 2 rings (SSSR count). The Morgan fingerprint density at radius 3 is 2.45 bits per heavy atom. The highest BCUT2D eigenvalue weighted by atomic mass is 79.9. The molecule has 0 aromatic heterocycles. The normalized spacial score (nSPS) is 10.4. The lowest BCUT2D eigenvalue weighted by Crippen LogP contribution is -2.14. The number of halogens is 4. The molecule has 0 aliphatic heterocycles. The van der Waals surface area contributed by atoms with Gasteiger partial charge < -0.3 is 11.1 Å². The second-order valence-electron chi connectivity index (χ2n) is 3.94. The van der Waals surface area contributed by atoms with Gasteiger partial charge in [-0.2, -0.15) is 0 Å². The van der Waals surface area contributed by atoms with Crippen molar-refractivity contribution in [3.05, 3.63) is 56.5 Å². The van der Waals surface area contributed by atoms with Gasteiger partial charge in [0, 0.05) is 16.2 Å². The highest BCUT2D eigenvalue weighted by Gasteiger charge is 2.14. The fourth-order valence-electron chi connectivity index (χ4n) is 1.52. The van der Waals surface area contributed by atoms with Crippen LogP contribution >= 0.6 is 31.9 Å². The zero-order valence-corrected chi connectivity index (χ0v) is 13.1. The molecule has 2 aromatic carbocycles. The molecular weight excluding hydrogens is 398 g/mol. The Kier molecular flexibility index (Phi) is 4.39. The van der Waals surface area contributed by atoms with E-state index in [2.05, 4.69) is 37.2 Å². The van der Waals surface area contributed by atoms with Crippen molar-refractivity contribution in [1.29, 1.82) is 0 Å². The number of carbonyl (C=O) groups is 1. The number of amides is 1. The van der Waals surface area contributed by atoms with Crippen LogP contribution in [0.1, 0.15) is 10.4 Å². The number of rotatable bonds is 2. The van der Waals surface area contributed by atoms with E-state index in [0.29, 0.717) is 10.2 Å². The Bertz CT molecular complexity index is 692. The van der Waals surface area contributed by atoms with Crippen molar-refractivity contribution in [2.24, 2.45) is 0 Å². The standard InChI is InChI=1S/C13H8Br2F2N2O/c14-8-2-1-6(18)3-7(8)13(20)19-12-5-10(16)9(15)4-11(12)17/h1-5H,18H2,(H,19,20). The summed E-state index contributed by atoms with van der Waals surface area (Å²) in [4.78, 5) is 12.0. The van der Waals surface area contributed by atoms with Crippen molar-refractivity contribution in [3.8, 4) is 0 Å². The van der Waals surface area contributed by atoms with Gasteiger partial charge in [0.1, 0.15) is 11.6 Å². The van der Waals surface area contributed by atoms with Crippen LogP contribution < -0.4 is 11.1 Å². The molecule has 0 saturated carbocycles. The van der Waals surface area contributed by atoms with E-state index in [1.54, 1.807) is 12.1 Å². The molecule has 0 atom stereocenters. The Labute approximate surface area is 130 Å². The Hall–Kier alpha value is -1.47. The molecule has 0 saturated heterocycles. The quantitative estimate of drug-likeness (QED) is 0.577. The molecule has 104 valence electrons. The van der Waals surface area contributed by atoms with Gasteiger partial charge in [0.15, 0.2) is 0 Å². The first kappa shape index (κ1) is 14.9. The van der Waals surface area contributed by atoms with Gasteiger partial charge in [-0.25, -0.2) is 8.78 Å². The molecule has 0 fully saturated rings. The molecule has 0 heterocycles. The zero-order chi connectivity index (χ0) is 14.9. The molecule has 20 heavy (non-hydrogen) atoms. The minimum absolute atomic E-state index is 0.0156. The van der Waals surface area contributed by atoms with Gasteiger partial charge in [-0.3, -0.25) is 4.79 Å². The topological polar surface area (TPSA) is 55.1 Å². The largest absolute Gasteiger partial charge is 0.399 e. The van der Waals surface area contributed by atoms with Crippen LogP contribution in [0.25, 0.3) is 0 Å². The lowest BCUT2D eigenvalue weighted by atomic mass is 10.2. The molecular formula is C13H8Br2F2N2O. The van der Waals surface area contributed by atoms with Gasteiger partial charge in [-0.05, 0) is 56.1 Å². The molecule has 3 nitrogen and oxygen atoms in total. The maximum atomic E-state index is 13.6. The summed E-state index contributed by atoms with van der Waals surface area (Å²) in [6.07, 6.45) is 0. The van der Waals surface area contributed by atoms with E-state index in [1.165, 1.54) is 6.07 Å². The van der Waals surface area contributed by atoms with Crippen LogP contribution in [0.2, 0.25) is 0 Å². The molecule has 0 aliphatic carbocycles. The first-order chi connectivity index (χ1) is 9.38. The summed E-state index contributed by atoms with van der Waals surface area (Å²) >= 11 is 6.06. The molecule has 2 aromatic rings. The van der Waals surface area contributed by atoms with Gasteiger partial charge >= 0.3 is 0 Å². The number of benzene rings is 2. The number of nitrogen functional groups attached to an aromatic ring is 1. The van der Waals surface area contributed by atoms with Crippen LogP contribution in [0.4, 0.5) is 20.2 Å². The molecule has 0 aliphatic rings. The summed E-state index contributed by atoms with van der Waals surface area (Å²) < 4.78 is 27.5. The molecule has 0 radical (unpaired) electrons. The smallest absolute Gasteiger partial charge is 0.256 e. The molecule has 0 unspecified atom stereocenters. The predicted octanol–water partition coefficient (Wildman–Crippen LogP) is 4.32. The van der Waals surface area contributed by atoms with Crippen LogP contribution in [0.5, 0.6) is 0 Å². The fraction of sp³-hybridized carbons (Fsp3) is 0. The lowest BCUT2D eigenvalue weighted by Gasteiger charge is -2.09. The van der Waals surface area contributed by atoms with Crippen molar-refractivity contribution in [2.75, 3.05) is 11.1 Å². The molecule has 3 N–H and O–H groups in total. The number of nitrogens with one attached hydrogen (secondary N) is 1. The first-order valence-corrected chi connectivity index (χ1v) is 6.98. The summed E-state index contributed by atoms with van der Waals surface area (Å²) in [6, 6.07) is 6.49. The van der Waals surface area contributed by atoms with Gasteiger partial charge in [0.2, 0.25) is 0 Å². The monoisotopic (exact) mass is 404 g/mol. The minimum atomic E-state index is -0.744. The number of anilines is 2. The van der Waals surface area contributed by atoms with Crippen LogP contribution in [0.3, 0.4) is 0 Å². The predicted molar refractivity (Wildman–Crippen MR) is 80.6 cm³/mol. The second kappa shape index (κ2) is 5.88.